The second-order valence-electron chi connectivity index (χ2n) is 9.27. The molecule has 184 valence electrons. The van der Waals surface area contributed by atoms with E-state index in [1.807, 2.05) is 12.1 Å². The molecular weight excluding hydrogens is 467 g/mol. The van der Waals surface area contributed by atoms with Crippen LogP contribution >= 0.6 is 0 Å². The number of carbonyl (C=O) groups excluding carboxylic acids is 1. The van der Waals surface area contributed by atoms with Crippen LogP contribution in [0.25, 0.3) is 10.9 Å². The maximum absolute atomic E-state index is 13.5. The molecule has 1 aromatic heterocycles. The minimum atomic E-state index is -3.50. The summed E-state index contributed by atoms with van der Waals surface area (Å²) in [7, 11) is -3.50. The number of piperidine rings is 2. The molecule has 1 N–H and O–H groups in total. The van der Waals surface area contributed by atoms with E-state index in [1.54, 1.807) is 34.6 Å². The summed E-state index contributed by atoms with van der Waals surface area (Å²) in [4.78, 5) is 19.9. The molecular formula is C26H29FN4O3S. The van der Waals surface area contributed by atoms with Gasteiger partial charge in [0.05, 0.1) is 16.3 Å². The van der Waals surface area contributed by atoms with Crippen molar-refractivity contribution in [2.45, 2.75) is 37.0 Å². The first-order valence-electron chi connectivity index (χ1n) is 12.1. The van der Waals surface area contributed by atoms with Gasteiger partial charge in [-0.15, -0.1) is 0 Å². The van der Waals surface area contributed by atoms with Gasteiger partial charge in [0.2, 0.25) is 15.9 Å². The van der Waals surface area contributed by atoms with Crippen LogP contribution in [-0.4, -0.2) is 49.8 Å². The summed E-state index contributed by atoms with van der Waals surface area (Å²) in [5.41, 5.74) is 1.16. The highest BCUT2D eigenvalue weighted by Gasteiger charge is 2.28. The smallest absolute Gasteiger partial charge is 0.243 e. The summed E-state index contributed by atoms with van der Waals surface area (Å²) >= 11 is 0. The average molecular weight is 497 g/mol. The van der Waals surface area contributed by atoms with Gasteiger partial charge in [0.1, 0.15) is 11.6 Å². The minimum Gasteiger partial charge on any atom is -0.356 e. The Morgan fingerprint density at radius 3 is 2.60 bits per heavy atom. The first-order valence-corrected chi connectivity index (χ1v) is 13.6. The Bertz CT molecular complexity index is 1340. The molecule has 35 heavy (non-hydrogen) atoms. The first kappa shape index (κ1) is 23.7. The SMILES string of the molecule is O=C(Nc1cccc(F)c1)[C@H]1CCCN(c2ccc3cc(S(=O)(=O)N4CCCCC4)ccc3n2)C1. The molecule has 0 radical (unpaired) electrons. The second kappa shape index (κ2) is 9.91. The number of amides is 1. The second-order valence-corrected chi connectivity index (χ2v) is 11.2. The lowest BCUT2D eigenvalue weighted by Crippen LogP contribution is -2.41. The van der Waals surface area contributed by atoms with Crippen LogP contribution in [0.3, 0.4) is 0 Å². The number of sulfonamides is 1. The lowest BCUT2D eigenvalue weighted by atomic mass is 9.97. The van der Waals surface area contributed by atoms with E-state index in [9.17, 15) is 17.6 Å². The number of rotatable bonds is 5. The van der Waals surface area contributed by atoms with Crippen LogP contribution in [0.15, 0.2) is 59.5 Å². The predicted molar refractivity (Wildman–Crippen MR) is 134 cm³/mol. The van der Waals surface area contributed by atoms with Crippen molar-refractivity contribution in [2.75, 3.05) is 36.4 Å². The maximum atomic E-state index is 13.5. The highest BCUT2D eigenvalue weighted by atomic mass is 32.2. The van der Waals surface area contributed by atoms with Crippen LogP contribution in [0.4, 0.5) is 15.9 Å². The van der Waals surface area contributed by atoms with Crippen molar-refractivity contribution < 1.29 is 17.6 Å². The van der Waals surface area contributed by atoms with Gasteiger partial charge in [-0.2, -0.15) is 4.31 Å². The molecule has 1 atom stereocenters. The molecule has 2 aliphatic rings. The van der Waals surface area contributed by atoms with E-state index >= 15 is 0 Å². The Kier molecular flexibility index (Phi) is 6.71. The molecule has 2 saturated heterocycles. The zero-order valence-corrected chi connectivity index (χ0v) is 20.3. The van der Waals surface area contributed by atoms with Crippen molar-refractivity contribution >= 4 is 38.3 Å². The van der Waals surface area contributed by atoms with E-state index in [0.717, 1.165) is 49.9 Å². The lowest BCUT2D eigenvalue weighted by molar-refractivity contribution is -0.120. The molecule has 0 spiro atoms. The number of carbonyl (C=O) groups is 1. The van der Waals surface area contributed by atoms with Gasteiger partial charge < -0.3 is 10.2 Å². The van der Waals surface area contributed by atoms with E-state index in [-0.39, 0.29) is 17.6 Å². The van der Waals surface area contributed by atoms with Crippen molar-refractivity contribution in [3.05, 3.63) is 60.4 Å². The Hall–Kier alpha value is -3.04. The Labute approximate surface area is 205 Å². The quantitative estimate of drug-likeness (QED) is 0.566. The summed E-state index contributed by atoms with van der Waals surface area (Å²) in [6, 6.07) is 14.8. The molecule has 3 aromatic rings. The molecule has 0 unspecified atom stereocenters. The highest BCUT2D eigenvalue weighted by Crippen LogP contribution is 2.28. The highest BCUT2D eigenvalue weighted by molar-refractivity contribution is 7.89. The van der Waals surface area contributed by atoms with E-state index < -0.39 is 10.0 Å². The van der Waals surface area contributed by atoms with E-state index in [1.165, 1.54) is 12.1 Å². The van der Waals surface area contributed by atoms with Gasteiger partial charge in [0, 0.05) is 37.3 Å². The van der Waals surface area contributed by atoms with Crippen LogP contribution < -0.4 is 10.2 Å². The minimum absolute atomic E-state index is 0.131. The predicted octanol–water partition coefficient (Wildman–Crippen LogP) is 4.40. The third-order valence-electron chi connectivity index (χ3n) is 6.81. The Morgan fingerprint density at radius 1 is 0.971 bits per heavy atom. The number of benzene rings is 2. The summed E-state index contributed by atoms with van der Waals surface area (Å²) in [6.45, 7) is 2.44. The van der Waals surface area contributed by atoms with Gasteiger partial charge in [0.15, 0.2) is 0 Å². The van der Waals surface area contributed by atoms with Crippen LogP contribution in [0.2, 0.25) is 0 Å². The third kappa shape index (κ3) is 5.16. The maximum Gasteiger partial charge on any atom is 0.243 e. The third-order valence-corrected chi connectivity index (χ3v) is 8.70. The van der Waals surface area contributed by atoms with Gasteiger partial charge in [-0.1, -0.05) is 12.5 Å². The van der Waals surface area contributed by atoms with Gasteiger partial charge >= 0.3 is 0 Å². The van der Waals surface area contributed by atoms with Crippen molar-refractivity contribution in [3.63, 3.8) is 0 Å². The topological polar surface area (TPSA) is 82.6 Å². The molecule has 3 heterocycles. The number of nitrogens with zero attached hydrogens (tertiary/aromatic N) is 3. The number of fused-ring (bicyclic) bond motifs is 1. The lowest BCUT2D eigenvalue weighted by Gasteiger charge is -2.33. The molecule has 2 aliphatic heterocycles. The summed E-state index contributed by atoms with van der Waals surface area (Å²) in [5.74, 6) is 0.00272. The standard InChI is InChI=1S/C26H29FN4O3S/c27-21-7-4-8-22(17-21)28-26(32)20-6-5-13-30(18-20)25-12-9-19-16-23(10-11-24(19)29-25)35(33,34)31-14-2-1-3-15-31/h4,7-12,16-17,20H,1-3,5-6,13-15,18H2,(H,28,32)/t20-/m0/s1. The molecule has 2 aromatic carbocycles. The Morgan fingerprint density at radius 2 is 1.80 bits per heavy atom. The largest absolute Gasteiger partial charge is 0.356 e. The number of nitrogens with one attached hydrogen (secondary N) is 1. The van der Waals surface area contributed by atoms with Gasteiger partial charge in [0.25, 0.3) is 0 Å². The van der Waals surface area contributed by atoms with Crippen molar-refractivity contribution in [3.8, 4) is 0 Å². The fourth-order valence-electron chi connectivity index (χ4n) is 4.89. The molecule has 1 amide bonds. The average Bonchev–Trinajstić information content (AvgIpc) is 2.88. The van der Waals surface area contributed by atoms with Crippen LogP contribution in [-0.2, 0) is 14.8 Å². The summed E-state index contributed by atoms with van der Waals surface area (Å²) < 4.78 is 41.1. The van der Waals surface area contributed by atoms with E-state index in [2.05, 4.69) is 10.2 Å². The molecule has 5 rings (SSSR count). The van der Waals surface area contributed by atoms with Crippen molar-refractivity contribution in [2.24, 2.45) is 5.92 Å². The molecule has 2 fully saturated rings. The molecule has 0 bridgehead atoms. The summed E-state index contributed by atoms with van der Waals surface area (Å²) in [5, 5.41) is 3.58. The molecule has 7 nitrogen and oxygen atoms in total. The normalized spacial score (nSPS) is 19.6. The van der Waals surface area contributed by atoms with Gasteiger partial charge in [-0.05, 0) is 74.2 Å². The molecule has 0 saturated carbocycles. The molecule has 9 heteroatoms. The fourth-order valence-corrected chi connectivity index (χ4v) is 6.45. The van der Waals surface area contributed by atoms with Crippen molar-refractivity contribution in [1.82, 2.24) is 9.29 Å². The number of hydrogen-bond acceptors (Lipinski definition) is 5. The van der Waals surface area contributed by atoms with E-state index in [0.29, 0.717) is 35.7 Å². The Balaban J connectivity index is 1.31. The first-order chi connectivity index (χ1) is 16.9. The fraction of sp³-hybridized carbons (Fsp3) is 0.385. The number of aromatic nitrogens is 1. The van der Waals surface area contributed by atoms with Crippen LogP contribution in [0, 0.1) is 11.7 Å². The number of anilines is 2. The van der Waals surface area contributed by atoms with E-state index in [4.69, 9.17) is 4.98 Å². The summed E-state index contributed by atoms with van der Waals surface area (Å²) in [6.07, 6.45) is 4.46. The monoisotopic (exact) mass is 496 g/mol. The number of hydrogen-bond donors (Lipinski definition) is 1. The molecule has 0 aliphatic carbocycles. The zero-order valence-electron chi connectivity index (χ0n) is 19.5. The van der Waals surface area contributed by atoms with Crippen molar-refractivity contribution in [1.29, 1.82) is 0 Å². The van der Waals surface area contributed by atoms with Gasteiger partial charge in [-0.3, -0.25) is 4.79 Å². The number of halogens is 1. The number of pyridine rings is 1. The van der Waals surface area contributed by atoms with Crippen LogP contribution in [0.1, 0.15) is 32.1 Å². The van der Waals surface area contributed by atoms with Crippen LogP contribution in [0.5, 0.6) is 0 Å². The zero-order chi connectivity index (χ0) is 24.4. The van der Waals surface area contributed by atoms with Gasteiger partial charge in [-0.25, -0.2) is 17.8 Å².